The minimum absolute atomic E-state index is 0.0143. The van der Waals surface area contributed by atoms with E-state index in [1.165, 1.54) is 0 Å². The minimum atomic E-state index is 0.0143. The first-order valence-corrected chi connectivity index (χ1v) is 12.3. The molecule has 0 aromatic carbocycles. The summed E-state index contributed by atoms with van der Waals surface area (Å²) in [5, 5.41) is 2.87. The van der Waals surface area contributed by atoms with Crippen molar-refractivity contribution >= 4 is 5.91 Å². The SMILES string of the molecule is COCCOCCOCCOCCOCCOCCOCCOCCC(=O)NCCCCCN. The Balaban J connectivity index is 3.08. The van der Waals surface area contributed by atoms with Gasteiger partial charge in [-0.25, -0.2) is 0 Å². The van der Waals surface area contributed by atoms with Gasteiger partial charge in [-0.1, -0.05) is 6.42 Å². The van der Waals surface area contributed by atoms with E-state index in [1.807, 2.05) is 0 Å². The summed E-state index contributed by atoms with van der Waals surface area (Å²) in [5.74, 6) is 0.0143. The topological polar surface area (TPSA) is 129 Å². The number of ether oxygens (including phenoxy) is 8. The Morgan fingerprint density at radius 1 is 0.559 bits per heavy atom. The van der Waals surface area contributed by atoms with Crippen LogP contribution >= 0.6 is 0 Å². The lowest BCUT2D eigenvalue weighted by Gasteiger charge is -2.08. The van der Waals surface area contributed by atoms with E-state index in [2.05, 4.69) is 5.32 Å². The summed E-state index contributed by atoms with van der Waals surface area (Å²) in [6.45, 7) is 9.12. The predicted molar refractivity (Wildman–Crippen MR) is 128 cm³/mol. The molecule has 3 N–H and O–H groups in total. The van der Waals surface area contributed by atoms with Crippen molar-refractivity contribution in [1.29, 1.82) is 0 Å². The van der Waals surface area contributed by atoms with E-state index >= 15 is 0 Å². The van der Waals surface area contributed by atoms with Crippen molar-refractivity contribution in [1.82, 2.24) is 5.32 Å². The van der Waals surface area contributed by atoms with Gasteiger partial charge in [-0.15, -0.1) is 0 Å². The van der Waals surface area contributed by atoms with Crippen LogP contribution in [0.4, 0.5) is 0 Å². The normalized spacial score (nSPS) is 11.2. The molecule has 11 heteroatoms. The summed E-state index contributed by atoms with van der Waals surface area (Å²) in [6.07, 6.45) is 3.37. The second kappa shape index (κ2) is 30.1. The molecule has 0 aromatic rings. The molecule has 0 unspecified atom stereocenters. The minimum Gasteiger partial charge on any atom is -0.382 e. The molecule has 34 heavy (non-hydrogen) atoms. The maximum atomic E-state index is 11.6. The quantitative estimate of drug-likeness (QED) is 0.140. The Kier molecular flexibility index (Phi) is 29.4. The van der Waals surface area contributed by atoms with E-state index in [-0.39, 0.29) is 5.91 Å². The van der Waals surface area contributed by atoms with Crippen LogP contribution in [0.15, 0.2) is 0 Å². The van der Waals surface area contributed by atoms with Crippen LogP contribution in [0.1, 0.15) is 25.7 Å². The fraction of sp³-hybridized carbons (Fsp3) is 0.957. The van der Waals surface area contributed by atoms with Crippen molar-refractivity contribution < 1.29 is 42.7 Å². The molecule has 204 valence electrons. The summed E-state index contributed by atoms with van der Waals surface area (Å²) >= 11 is 0. The van der Waals surface area contributed by atoms with Gasteiger partial charge in [0.05, 0.1) is 99.1 Å². The molecule has 0 heterocycles. The number of nitrogens with one attached hydrogen (secondary N) is 1. The van der Waals surface area contributed by atoms with Gasteiger partial charge < -0.3 is 48.9 Å². The van der Waals surface area contributed by atoms with E-state index in [9.17, 15) is 4.79 Å². The Hall–Kier alpha value is -0.890. The van der Waals surface area contributed by atoms with Gasteiger partial charge in [0.25, 0.3) is 0 Å². The summed E-state index contributed by atoms with van der Waals surface area (Å²) < 4.78 is 42.6. The van der Waals surface area contributed by atoms with Crippen LogP contribution in [-0.4, -0.2) is 125 Å². The highest BCUT2D eigenvalue weighted by molar-refractivity contribution is 5.75. The first-order chi connectivity index (χ1) is 16.8. The summed E-state index contributed by atoms with van der Waals surface area (Å²) in [4.78, 5) is 11.6. The number of carbonyl (C=O) groups excluding carboxylic acids is 1. The maximum Gasteiger partial charge on any atom is 0.222 e. The highest BCUT2D eigenvalue weighted by Gasteiger charge is 2.00. The molecule has 0 aromatic heterocycles. The van der Waals surface area contributed by atoms with Crippen LogP contribution < -0.4 is 11.1 Å². The highest BCUT2D eigenvalue weighted by Crippen LogP contribution is 1.92. The Morgan fingerprint density at radius 3 is 1.32 bits per heavy atom. The van der Waals surface area contributed by atoms with Gasteiger partial charge in [-0.05, 0) is 19.4 Å². The number of carbonyl (C=O) groups is 1. The van der Waals surface area contributed by atoms with Crippen LogP contribution in [0.25, 0.3) is 0 Å². The first-order valence-electron chi connectivity index (χ1n) is 12.3. The lowest BCUT2D eigenvalue weighted by atomic mass is 10.2. The third-order valence-corrected chi connectivity index (χ3v) is 4.34. The number of hydrogen-bond acceptors (Lipinski definition) is 10. The van der Waals surface area contributed by atoms with E-state index in [0.717, 1.165) is 19.3 Å². The fourth-order valence-corrected chi connectivity index (χ4v) is 2.49. The second-order valence-corrected chi connectivity index (χ2v) is 7.23. The molecule has 0 spiro atoms. The smallest absolute Gasteiger partial charge is 0.222 e. The molecular weight excluding hydrogens is 448 g/mol. The molecule has 0 atom stereocenters. The zero-order valence-electron chi connectivity index (χ0n) is 21.1. The molecule has 0 rings (SSSR count). The molecule has 0 saturated carbocycles. The molecule has 0 aliphatic carbocycles. The summed E-state index contributed by atoms with van der Waals surface area (Å²) in [5.41, 5.74) is 5.43. The summed E-state index contributed by atoms with van der Waals surface area (Å²) in [6, 6.07) is 0. The van der Waals surface area contributed by atoms with Crippen molar-refractivity contribution in [3.05, 3.63) is 0 Å². The largest absolute Gasteiger partial charge is 0.382 e. The van der Waals surface area contributed by atoms with Crippen LogP contribution in [0, 0.1) is 0 Å². The average Bonchev–Trinajstić information content (AvgIpc) is 2.84. The number of methoxy groups -OCH3 is 1. The van der Waals surface area contributed by atoms with Gasteiger partial charge in [0.1, 0.15) is 0 Å². The van der Waals surface area contributed by atoms with Gasteiger partial charge in [-0.2, -0.15) is 0 Å². The van der Waals surface area contributed by atoms with Gasteiger partial charge >= 0.3 is 0 Å². The van der Waals surface area contributed by atoms with E-state index in [1.54, 1.807) is 7.11 Å². The molecule has 0 radical (unpaired) electrons. The van der Waals surface area contributed by atoms with Crippen LogP contribution in [0.5, 0.6) is 0 Å². The third kappa shape index (κ3) is 29.1. The number of nitrogens with two attached hydrogens (primary N) is 1. The molecule has 0 bridgehead atoms. The van der Waals surface area contributed by atoms with Crippen LogP contribution in [0.2, 0.25) is 0 Å². The van der Waals surface area contributed by atoms with Gasteiger partial charge in [0.15, 0.2) is 0 Å². The summed E-state index contributed by atoms with van der Waals surface area (Å²) in [7, 11) is 1.64. The number of amides is 1. The molecule has 0 saturated heterocycles. The maximum absolute atomic E-state index is 11.6. The van der Waals surface area contributed by atoms with E-state index in [0.29, 0.717) is 119 Å². The Bertz CT molecular complexity index is 407. The molecule has 1 amide bonds. The highest BCUT2D eigenvalue weighted by atomic mass is 16.6. The van der Waals surface area contributed by atoms with Gasteiger partial charge in [0.2, 0.25) is 5.91 Å². The van der Waals surface area contributed by atoms with E-state index in [4.69, 9.17) is 43.6 Å². The molecule has 0 aliphatic rings. The van der Waals surface area contributed by atoms with Crippen LogP contribution in [-0.2, 0) is 42.7 Å². The molecule has 11 nitrogen and oxygen atoms in total. The monoisotopic (exact) mass is 496 g/mol. The Morgan fingerprint density at radius 2 is 0.941 bits per heavy atom. The number of unbranched alkanes of at least 4 members (excludes halogenated alkanes) is 2. The Labute approximate surface area is 205 Å². The lowest BCUT2D eigenvalue weighted by molar-refractivity contribution is -0.122. The second-order valence-electron chi connectivity index (χ2n) is 7.23. The lowest BCUT2D eigenvalue weighted by Crippen LogP contribution is -2.25. The van der Waals surface area contributed by atoms with Crippen molar-refractivity contribution in [3.63, 3.8) is 0 Å². The number of rotatable bonds is 29. The van der Waals surface area contributed by atoms with Crippen LogP contribution in [0.3, 0.4) is 0 Å². The first kappa shape index (κ1) is 33.1. The van der Waals surface area contributed by atoms with Gasteiger partial charge in [-0.3, -0.25) is 4.79 Å². The predicted octanol–water partition coefficient (Wildman–Crippen LogP) is 0.384. The average molecular weight is 497 g/mol. The standard InChI is InChI=1S/C23H48N2O9/c1-27-9-10-29-13-14-31-17-18-33-21-22-34-20-19-32-16-15-30-12-11-28-8-5-23(26)25-7-4-2-3-6-24/h2-22,24H2,1H3,(H,25,26). The third-order valence-electron chi connectivity index (χ3n) is 4.34. The van der Waals surface area contributed by atoms with E-state index < -0.39 is 0 Å². The number of hydrogen-bond donors (Lipinski definition) is 2. The van der Waals surface area contributed by atoms with Crippen molar-refractivity contribution in [2.75, 3.05) is 119 Å². The van der Waals surface area contributed by atoms with Crippen molar-refractivity contribution in [3.8, 4) is 0 Å². The molecule has 0 fully saturated rings. The van der Waals surface area contributed by atoms with Crippen molar-refractivity contribution in [2.24, 2.45) is 5.73 Å². The van der Waals surface area contributed by atoms with Gasteiger partial charge in [0, 0.05) is 20.1 Å². The molecular formula is C23H48N2O9. The fourth-order valence-electron chi connectivity index (χ4n) is 2.49. The van der Waals surface area contributed by atoms with Crippen molar-refractivity contribution in [2.45, 2.75) is 25.7 Å². The zero-order valence-corrected chi connectivity index (χ0v) is 21.1. The molecule has 0 aliphatic heterocycles. The zero-order chi connectivity index (χ0) is 24.8.